The summed E-state index contributed by atoms with van der Waals surface area (Å²) in [6.45, 7) is -0.192. The molecule has 0 fully saturated rings. The van der Waals surface area contributed by atoms with Gasteiger partial charge in [-0.05, 0) is 115 Å². The fourth-order valence-electron chi connectivity index (χ4n) is 8.04. The minimum atomic E-state index is -0.372. The van der Waals surface area contributed by atoms with Crippen molar-refractivity contribution >= 4 is 43.1 Å². The van der Waals surface area contributed by atoms with Gasteiger partial charge in [0.1, 0.15) is 23.0 Å². The van der Waals surface area contributed by atoms with Gasteiger partial charge in [-0.1, -0.05) is 97.1 Å². The molecule has 276 valence electrons. The number of phenols is 4. The number of hydrogen-bond donors (Lipinski definition) is 4. The van der Waals surface area contributed by atoms with E-state index in [1.165, 1.54) is 0 Å². The molecule has 0 aromatic heterocycles. The molecule has 8 aromatic carbocycles. The van der Waals surface area contributed by atoms with Crippen LogP contribution in [0.3, 0.4) is 0 Å². The Morgan fingerprint density at radius 2 is 0.614 bits per heavy atom. The van der Waals surface area contributed by atoms with E-state index in [-0.39, 0.29) is 100.0 Å². The predicted octanol–water partition coefficient (Wildman–Crippen LogP) is 2.07. The molecule has 0 aliphatic carbocycles. The predicted molar refractivity (Wildman–Crippen MR) is 216 cm³/mol. The Labute approximate surface area is 355 Å². The largest absolute Gasteiger partial charge is 1.00 e. The first-order valence-electron chi connectivity index (χ1n) is 18.6. The van der Waals surface area contributed by atoms with Gasteiger partial charge in [0, 0.05) is 22.3 Å². The molecule has 0 spiro atoms. The number of hydrogen-bond acceptors (Lipinski definition) is 7. The van der Waals surface area contributed by atoms with Crippen LogP contribution in [0.5, 0.6) is 23.0 Å². The summed E-state index contributed by atoms with van der Waals surface area (Å²) in [5, 5.41) is 76.9. The molecular formula is C48H40Li2O7. The summed E-state index contributed by atoms with van der Waals surface area (Å²) in [5.74, 6) is 0.0861. The Kier molecular flexibility index (Phi) is 13.3. The van der Waals surface area contributed by atoms with Crippen LogP contribution in [0.15, 0.2) is 121 Å². The molecule has 8 aromatic rings. The molecule has 0 atom stereocenters. The van der Waals surface area contributed by atoms with Crippen molar-refractivity contribution in [2.75, 3.05) is 26.4 Å². The molecule has 0 bridgehead atoms. The van der Waals surface area contributed by atoms with Gasteiger partial charge in [0.15, 0.2) is 0 Å². The van der Waals surface area contributed by atoms with E-state index in [1.807, 2.05) is 121 Å². The molecule has 0 unspecified atom stereocenters. The van der Waals surface area contributed by atoms with Crippen molar-refractivity contribution in [2.45, 2.75) is 25.7 Å². The molecule has 0 saturated heterocycles. The van der Waals surface area contributed by atoms with E-state index in [2.05, 4.69) is 0 Å². The topological polar surface area (TPSA) is 136 Å². The van der Waals surface area contributed by atoms with Crippen molar-refractivity contribution in [3.63, 3.8) is 0 Å². The van der Waals surface area contributed by atoms with Crippen LogP contribution >= 0.6 is 0 Å². The summed E-state index contributed by atoms with van der Waals surface area (Å²) in [6, 6.07) is 38.3. The Balaban J connectivity index is 0.00000275. The van der Waals surface area contributed by atoms with Crippen LogP contribution in [-0.2, 0) is 30.4 Å². The Morgan fingerprint density at radius 1 is 0.368 bits per heavy atom. The van der Waals surface area contributed by atoms with Gasteiger partial charge < -0.3 is 35.4 Å². The van der Waals surface area contributed by atoms with E-state index >= 15 is 0 Å². The van der Waals surface area contributed by atoms with Gasteiger partial charge in [-0.25, -0.2) is 0 Å². The normalized spacial score (nSPS) is 11.3. The number of rotatable bonds is 12. The van der Waals surface area contributed by atoms with E-state index < -0.39 is 0 Å². The van der Waals surface area contributed by atoms with E-state index in [0.717, 1.165) is 43.1 Å². The Bertz CT molecular complexity index is 2540. The molecule has 0 saturated carbocycles. The summed E-state index contributed by atoms with van der Waals surface area (Å²) in [5.41, 5.74) is 4.41. The van der Waals surface area contributed by atoms with Crippen LogP contribution in [0.1, 0.15) is 22.3 Å². The first-order valence-corrected chi connectivity index (χ1v) is 18.6. The molecular weight excluding hydrogens is 702 g/mol. The minimum absolute atomic E-state index is 0. The number of aromatic hydroxyl groups is 4. The summed E-state index contributed by atoms with van der Waals surface area (Å²) in [6.07, 6.45) is 1.08. The molecule has 8 rings (SSSR count). The van der Waals surface area contributed by atoms with Gasteiger partial charge in [-0.3, -0.25) is 0 Å². The van der Waals surface area contributed by atoms with E-state index in [0.29, 0.717) is 57.3 Å². The fraction of sp³-hybridized carbons (Fsp3) is 0.167. The van der Waals surface area contributed by atoms with E-state index in [1.54, 1.807) is 0 Å². The van der Waals surface area contributed by atoms with Crippen molar-refractivity contribution in [3.8, 4) is 45.3 Å². The van der Waals surface area contributed by atoms with Crippen molar-refractivity contribution < 1.29 is 73.1 Å². The maximum absolute atomic E-state index is 11.9. The van der Waals surface area contributed by atoms with Gasteiger partial charge in [-0.15, -0.1) is 13.2 Å². The van der Waals surface area contributed by atoms with Crippen LogP contribution in [-0.4, -0.2) is 46.9 Å². The van der Waals surface area contributed by atoms with Gasteiger partial charge in [0.05, 0.1) is 13.2 Å². The third kappa shape index (κ3) is 7.86. The molecule has 0 heterocycles. The van der Waals surface area contributed by atoms with E-state index in [9.17, 15) is 30.6 Å². The van der Waals surface area contributed by atoms with E-state index in [4.69, 9.17) is 4.74 Å². The Hall–Kier alpha value is -4.93. The summed E-state index contributed by atoms with van der Waals surface area (Å²) in [7, 11) is 0. The first kappa shape index (κ1) is 41.7. The maximum atomic E-state index is 11.9. The third-order valence-corrected chi connectivity index (χ3v) is 10.7. The van der Waals surface area contributed by atoms with Crippen LogP contribution in [0.2, 0.25) is 0 Å². The van der Waals surface area contributed by atoms with Crippen molar-refractivity contribution in [1.82, 2.24) is 0 Å². The maximum Gasteiger partial charge on any atom is 1.00 e. The van der Waals surface area contributed by atoms with Gasteiger partial charge in [0.25, 0.3) is 0 Å². The average molecular weight is 743 g/mol. The zero-order valence-corrected chi connectivity index (χ0v) is 32.2. The second-order valence-corrected chi connectivity index (χ2v) is 13.9. The third-order valence-electron chi connectivity index (χ3n) is 10.7. The average Bonchev–Trinajstić information content (AvgIpc) is 3.20. The molecule has 4 N–H and O–H groups in total. The van der Waals surface area contributed by atoms with Crippen LogP contribution < -0.4 is 47.9 Å². The van der Waals surface area contributed by atoms with Crippen molar-refractivity contribution in [1.29, 1.82) is 0 Å². The number of fused-ring (bicyclic) bond motifs is 4. The SMILES string of the molecule is [Li+].[Li+].[O-]CCc1cc2ccccc2c(-c2c(O)c(CCOCCc3cc4ccccc4c(-c4c(O)c(CC[O-])cc5ccccc45)c3O)cc3ccccc23)c1O. The smallest absolute Gasteiger partial charge is 0.854 e. The molecule has 0 amide bonds. The number of phenolic OH excluding ortho intramolecular Hbond substituents is 4. The molecule has 0 aliphatic heterocycles. The summed E-state index contributed by atoms with van der Waals surface area (Å²) >= 11 is 0. The second-order valence-electron chi connectivity index (χ2n) is 13.9. The van der Waals surface area contributed by atoms with Gasteiger partial charge >= 0.3 is 37.7 Å². The second kappa shape index (κ2) is 18.1. The van der Waals surface area contributed by atoms with Gasteiger partial charge in [-0.2, -0.15) is 0 Å². The van der Waals surface area contributed by atoms with Crippen LogP contribution in [0.4, 0.5) is 0 Å². The number of ether oxygens (including phenoxy) is 1. The molecule has 7 nitrogen and oxygen atoms in total. The fourth-order valence-corrected chi connectivity index (χ4v) is 8.04. The standard InChI is InChI=1S/C48H40O7.2Li/c49-21-17-33-25-29-9-1-5-13-37(29)41(45(33)51)43-39-15-7-3-11-31(39)27-35(47(43)53)19-23-55-24-20-36-28-32-12-4-8-16-40(32)44(48(36)54)42-38-14-6-2-10-30(38)26-34(18-22-50)46(42)52;;/h1-16,25-28,51-54H,17-24H2;;/q-2;2*+1. The number of benzene rings is 8. The quantitative estimate of drug-likeness (QED) is 0.111. The zero-order chi connectivity index (χ0) is 38.1. The van der Waals surface area contributed by atoms with Crippen molar-refractivity contribution in [3.05, 3.63) is 144 Å². The van der Waals surface area contributed by atoms with Crippen molar-refractivity contribution in [2.24, 2.45) is 0 Å². The monoisotopic (exact) mass is 742 g/mol. The first-order chi connectivity index (χ1) is 26.9. The Morgan fingerprint density at radius 3 is 0.877 bits per heavy atom. The molecule has 9 heteroatoms. The minimum Gasteiger partial charge on any atom is -0.854 e. The molecule has 0 aliphatic rings. The van der Waals surface area contributed by atoms with Crippen LogP contribution in [0.25, 0.3) is 65.3 Å². The zero-order valence-electron chi connectivity index (χ0n) is 32.2. The van der Waals surface area contributed by atoms with Crippen LogP contribution in [0, 0.1) is 0 Å². The summed E-state index contributed by atoms with van der Waals surface area (Å²) < 4.78 is 6.17. The summed E-state index contributed by atoms with van der Waals surface area (Å²) in [4.78, 5) is 0. The molecule has 57 heavy (non-hydrogen) atoms. The van der Waals surface area contributed by atoms with Gasteiger partial charge in [0.2, 0.25) is 0 Å². The molecule has 0 radical (unpaired) electrons.